The molecule has 122 valence electrons. The van der Waals surface area contributed by atoms with Gasteiger partial charge in [0.05, 0.1) is 0 Å². The third kappa shape index (κ3) is 3.92. The maximum atomic E-state index is 11.9. The largest absolute Gasteiger partial charge is 0.455 e. The minimum absolute atomic E-state index is 0.306. The molecule has 1 fully saturated rings. The molecule has 23 heavy (non-hydrogen) atoms. The van der Waals surface area contributed by atoms with Crippen LogP contribution in [0.1, 0.15) is 18.9 Å². The molecule has 5 nitrogen and oxygen atoms in total. The number of amides is 1. The maximum absolute atomic E-state index is 11.9. The lowest BCUT2D eigenvalue weighted by atomic mass is 10.1. The third-order valence-corrected chi connectivity index (χ3v) is 5.36. The van der Waals surface area contributed by atoms with Gasteiger partial charge in [-0.2, -0.15) is 5.26 Å². The maximum Gasteiger partial charge on any atom is 0.315 e. The van der Waals surface area contributed by atoms with Gasteiger partial charge in [0.15, 0.2) is 6.61 Å². The van der Waals surface area contributed by atoms with Gasteiger partial charge >= 0.3 is 5.97 Å². The fourth-order valence-electron chi connectivity index (χ4n) is 1.99. The van der Waals surface area contributed by atoms with Crippen molar-refractivity contribution in [2.45, 2.75) is 29.5 Å². The highest BCUT2D eigenvalue weighted by molar-refractivity contribution is 8.03. The topological polar surface area (TPSA) is 79.2 Å². The van der Waals surface area contributed by atoms with E-state index < -0.39 is 28.2 Å². The van der Waals surface area contributed by atoms with Crippen molar-refractivity contribution in [2.75, 3.05) is 11.9 Å². The number of hydrogen-bond acceptors (Lipinski definition) is 5. The molecule has 1 saturated carbocycles. The molecule has 0 aliphatic heterocycles. The fourth-order valence-corrected chi connectivity index (χ4v) is 3.16. The number of thioether (sulfide) groups is 1. The molecule has 1 aliphatic rings. The van der Waals surface area contributed by atoms with Crippen molar-refractivity contribution < 1.29 is 14.3 Å². The van der Waals surface area contributed by atoms with E-state index in [9.17, 15) is 9.59 Å². The number of ether oxygens (including phenoxy) is 1. The Bertz CT molecular complexity index is 702. The summed E-state index contributed by atoms with van der Waals surface area (Å²) in [5.74, 6) is -1.05. The number of benzene rings is 1. The summed E-state index contributed by atoms with van der Waals surface area (Å²) in [7, 11) is 0. The first-order valence-electron chi connectivity index (χ1n) is 6.71. The van der Waals surface area contributed by atoms with Crippen LogP contribution in [0.5, 0.6) is 0 Å². The average molecular weight is 373 g/mol. The van der Waals surface area contributed by atoms with E-state index in [2.05, 4.69) is 5.32 Å². The molecule has 0 saturated heterocycles. The number of nitrogens with zero attached hydrogens (tertiary/aromatic N) is 1. The minimum atomic E-state index is -1.12. The highest BCUT2D eigenvalue weighted by Gasteiger charge is 2.69. The molecule has 0 aromatic heterocycles. The molecular formula is C15H14Cl2N2O3S. The summed E-state index contributed by atoms with van der Waals surface area (Å²) in [6.45, 7) is 3.00. The first kappa shape index (κ1) is 17.9. The van der Waals surface area contributed by atoms with Crippen molar-refractivity contribution in [1.29, 1.82) is 5.26 Å². The van der Waals surface area contributed by atoms with Crippen molar-refractivity contribution in [2.24, 2.45) is 5.41 Å². The van der Waals surface area contributed by atoms with E-state index in [0.29, 0.717) is 12.1 Å². The molecule has 1 aromatic carbocycles. The van der Waals surface area contributed by atoms with Crippen LogP contribution in [0.15, 0.2) is 23.1 Å². The van der Waals surface area contributed by atoms with Crippen molar-refractivity contribution in [1.82, 2.24) is 0 Å². The average Bonchev–Trinajstić information content (AvgIpc) is 2.99. The highest BCUT2D eigenvalue weighted by atomic mass is 35.5. The second-order valence-corrected chi connectivity index (χ2v) is 7.85. The van der Waals surface area contributed by atoms with Gasteiger partial charge in [0.1, 0.15) is 15.1 Å². The van der Waals surface area contributed by atoms with Gasteiger partial charge in [-0.1, -0.05) is 0 Å². The predicted octanol–water partition coefficient (Wildman–Crippen LogP) is 3.63. The summed E-state index contributed by atoms with van der Waals surface area (Å²) >= 11 is 12.8. The Kier molecular flexibility index (Phi) is 5.14. The van der Waals surface area contributed by atoms with Crippen molar-refractivity contribution >= 4 is 52.5 Å². The van der Waals surface area contributed by atoms with Crippen LogP contribution in [-0.2, 0) is 14.3 Å². The van der Waals surface area contributed by atoms with Gasteiger partial charge in [-0.3, -0.25) is 9.59 Å². The molecule has 0 spiro atoms. The second kappa shape index (κ2) is 6.60. The number of alkyl halides is 2. The number of halogens is 2. The zero-order valence-electron chi connectivity index (χ0n) is 12.5. The first-order chi connectivity index (χ1) is 10.7. The number of anilines is 1. The van der Waals surface area contributed by atoms with Crippen LogP contribution in [0.3, 0.4) is 0 Å². The number of carbonyl (C=O) groups excluding carboxylic acids is 2. The summed E-state index contributed by atoms with van der Waals surface area (Å²) in [6, 6.07) is 5.21. The van der Waals surface area contributed by atoms with Crippen molar-refractivity contribution in [3.63, 3.8) is 0 Å². The van der Waals surface area contributed by atoms with Gasteiger partial charge in [-0.15, -0.1) is 23.2 Å². The normalized spacial score (nSPS) is 21.2. The van der Waals surface area contributed by atoms with E-state index in [1.54, 1.807) is 25.1 Å². The van der Waals surface area contributed by atoms with Gasteiger partial charge in [0.25, 0.3) is 5.91 Å². The Morgan fingerprint density at radius 1 is 1.48 bits per heavy atom. The van der Waals surface area contributed by atoms with Crippen LogP contribution < -0.4 is 5.32 Å². The summed E-state index contributed by atoms with van der Waals surface area (Å²) in [5.41, 5.74) is 0.442. The molecule has 0 unspecified atom stereocenters. The molecule has 0 radical (unpaired) electrons. The molecular weight excluding hydrogens is 359 g/mol. The Morgan fingerprint density at radius 2 is 2.13 bits per heavy atom. The molecule has 1 atom stereocenters. The number of thiocyanates is 1. The molecule has 0 bridgehead atoms. The fraction of sp³-hybridized carbons (Fsp3) is 0.400. The molecule has 8 heteroatoms. The Labute approximate surface area is 148 Å². The molecule has 2 rings (SSSR count). The van der Waals surface area contributed by atoms with Crippen LogP contribution >= 0.6 is 35.0 Å². The van der Waals surface area contributed by atoms with Gasteiger partial charge in [-0.25, -0.2) is 0 Å². The Morgan fingerprint density at radius 3 is 2.65 bits per heavy atom. The van der Waals surface area contributed by atoms with Crippen LogP contribution in [0.25, 0.3) is 0 Å². The lowest BCUT2D eigenvalue weighted by Crippen LogP contribution is -2.27. The van der Waals surface area contributed by atoms with Gasteiger partial charge < -0.3 is 10.1 Å². The Balaban J connectivity index is 1.88. The van der Waals surface area contributed by atoms with Gasteiger partial charge in [-0.05, 0) is 49.4 Å². The van der Waals surface area contributed by atoms with Crippen LogP contribution in [-0.4, -0.2) is 22.8 Å². The van der Waals surface area contributed by atoms with Crippen molar-refractivity contribution in [3.8, 4) is 5.40 Å². The van der Waals surface area contributed by atoms with E-state index in [4.69, 9.17) is 33.2 Å². The minimum Gasteiger partial charge on any atom is -0.455 e. The van der Waals surface area contributed by atoms with Crippen LogP contribution in [0.4, 0.5) is 5.69 Å². The lowest BCUT2D eigenvalue weighted by molar-refractivity contribution is -0.152. The molecule has 1 amide bonds. The smallest absolute Gasteiger partial charge is 0.315 e. The molecule has 1 N–H and O–H groups in total. The van der Waals surface area contributed by atoms with Crippen LogP contribution in [0, 0.1) is 23.0 Å². The summed E-state index contributed by atoms with van der Waals surface area (Å²) in [5, 5.41) is 13.3. The van der Waals surface area contributed by atoms with E-state index in [1.165, 1.54) is 0 Å². The van der Waals surface area contributed by atoms with Crippen LogP contribution in [0.2, 0.25) is 0 Å². The monoisotopic (exact) mass is 372 g/mol. The zero-order valence-corrected chi connectivity index (χ0v) is 14.8. The highest BCUT2D eigenvalue weighted by Crippen LogP contribution is 2.64. The standard InChI is InChI=1S/C15H14Cl2N2O3S/c1-9-5-10(23-8-18)3-4-11(9)19-12(20)6-22-13(21)14(2)7-15(14,16)17/h3-5H,6-7H2,1-2H3,(H,19,20)/t14-/m0/s1. The molecule has 1 aliphatic carbocycles. The quantitative estimate of drug-likeness (QED) is 0.369. The zero-order chi connectivity index (χ0) is 17.3. The van der Waals surface area contributed by atoms with Gasteiger partial charge in [0.2, 0.25) is 0 Å². The number of rotatable bonds is 5. The Hall–Kier alpha value is -1.42. The van der Waals surface area contributed by atoms with Gasteiger partial charge in [0, 0.05) is 17.0 Å². The lowest BCUT2D eigenvalue weighted by Gasteiger charge is -2.13. The van der Waals surface area contributed by atoms with E-state index in [0.717, 1.165) is 22.2 Å². The number of nitriles is 1. The summed E-state index contributed by atoms with van der Waals surface area (Å²) < 4.78 is 3.85. The summed E-state index contributed by atoms with van der Waals surface area (Å²) in [6.07, 6.45) is 0.306. The number of hydrogen-bond donors (Lipinski definition) is 1. The molecule has 1 aromatic rings. The third-order valence-electron chi connectivity index (χ3n) is 3.68. The molecule has 0 heterocycles. The van der Waals surface area contributed by atoms with E-state index >= 15 is 0 Å². The van der Waals surface area contributed by atoms with Crippen molar-refractivity contribution in [3.05, 3.63) is 23.8 Å². The number of aryl methyl sites for hydroxylation is 1. The number of esters is 1. The van der Waals surface area contributed by atoms with E-state index in [-0.39, 0.29) is 0 Å². The number of carbonyl (C=O) groups is 2. The predicted molar refractivity (Wildman–Crippen MR) is 89.4 cm³/mol. The SMILES string of the molecule is Cc1cc(SC#N)ccc1NC(=O)COC(=O)[C@]1(C)CC1(Cl)Cl. The second-order valence-electron chi connectivity index (χ2n) is 5.51. The number of nitrogens with one attached hydrogen (secondary N) is 1. The van der Waals surface area contributed by atoms with E-state index in [1.807, 2.05) is 12.3 Å². The first-order valence-corrected chi connectivity index (χ1v) is 8.28. The summed E-state index contributed by atoms with van der Waals surface area (Å²) in [4.78, 5) is 24.5.